The second-order valence-electron chi connectivity index (χ2n) is 4.85. The van der Waals surface area contributed by atoms with Crippen LogP contribution in [0.15, 0.2) is 36.4 Å². The van der Waals surface area contributed by atoms with Gasteiger partial charge in [0.05, 0.1) is 11.1 Å². The van der Waals surface area contributed by atoms with Crippen LogP contribution in [0.2, 0.25) is 0 Å². The van der Waals surface area contributed by atoms with Crippen LogP contribution in [0, 0.1) is 0 Å². The topological polar surface area (TPSA) is 74.6 Å². The minimum Gasteiger partial charge on any atom is -0.478 e. The molecule has 0 amide bonds. The number of hydrogen-bond donors (Lipinski definition) is 2. The Balaban J connectivity index is 2.23. The molecule has 4 heteroatoms. The van der Waals surface area contributed by atoms with Gasteiger partial charge in [-0.15, -0.1) is 0 Å². The Labute approximate surface area is 115 Å². The number of benzene rings is 2. The quantitative estimate of drug-likeness (QED) is 0.749. The summed E-state index contributed by atoms with van der Waals surface area (Å²) in [6, 6.07) is 10.5. The van der Waals surface area contributed by atoms with Crippen LogP contribution in [-0.2, 0) is 12.8 Å². The Kier molecular flexibility index (Phi) is 2.79. The molecule has 0 saturated heterocycles. The molecular weight excluding hydrogens is 256 g/mol. The smallest absolute Gasteiger partial charge is 0.335 e. The van der Waals surface area contributed by atoms with Gasteiger partial charge in [-0.25, -0.2) is 9.59 Å². The van der Waals surface area contributed by atoms with Crippen LogP contribution in [0.1, 0.15) is 43.0 Å². The fourth-order valence-electron chi connectivity index (χ4n) is 2.78. The fourth-order valence-corrected chi connectivity index (χ4v) is 2.78. The maximum absolute atomic E-state index is 11.3. The van der Waals surface area contributed by atoms with Crippen LogP contribution in [-0.4, -0.2) is 22.2 Å². The van der Waals surface area contributed by atoms with Crippen molar-refractivity contribution in [1.29, 1.82) is 0 Å². The van der Waals surface area contributed by atoms with Crippen molar-refractivity contribution in [2.45, 2.75) is 12.8 Å². The van der Waals surface area contributed by atoms with Crippen molar-refractivity contribution in [2.24, 2.45) is 0 Å². The molecule has 0 bridgehead atoms. The van der Waals surface area contributed by atoms with Crippen LogP contribution < -0.4 is 0 Å². The van der Waals surface area contributed by atoms with Crippen LogP contribution in [0.3, 0.4) is 0 Å². The van der Waals surface area contributed by atoms with Crippen molar-refractivity contribution >= 4 is 11.9 Å². The molecule has 0 radical (unpaired) electrons. The fraction of sp³-hybridized carbons (Fsp3) is 0.125. The van der Waals surface area contributed by atoms with Gasteiger partial charge in [-0.3, -0.25) is 0 Å². The van der Waals surface area contributed by atoms with Crippen molar-refractivity contribution in [3.8, 4) is 0 Å². The summed E-state index contributed by atoms with van der Waals surface area (Å²) in [5.41, 5.74) is 3.75. The van der Waals surface area contributed by atoms with Gasteiger partial charge in [0.15, 0.2) is 0 Å². The molecule has 4 nitrogen and oxygen atoms in total. The number of carboxylic acid groups (broad SMARTS) is 2. The summed E-state index contributed by atoms with van der Waals surface area (Å²) in [7, 11) is 0. The zero-order chi connectivity index (χ0) is 14.3. The summed E-state index contributed by atoms with van der Waals surface area (Å²) in [6.07, 6.45) is 0.933. The summed E-state index contributed by atoms with van der Waals surface area (Å²) in [4.78, 5) is 22.6. The highest BCUT2D eigenvalue weighted by molar-refractivity contribution is 5.95. The predicted octanol–water partition coefficient (Wildman–Crippen LogP) is 2.58. The van der Waals surface area contributed by atoms with Gasteiger partial charge in [-0.1, -0.05) is 24.3 Å². The lowest BCUT2D eigenvalue weighted by Gasteiger charge is -2.22. The molecule has 1 aliphatic carbocycles. The van der Waals surface area contributed by atoms with Crippen LogP contribution in [0.4, 0.5) is 0 Å². The van der Waals surface area contributed by atoms with Gasteiger partial charge < -0.3 is 10.2 Å². The van der Waals surface area contributed by atoms with Gasteiger partial charge in [-0.2, -0.15) is 0 Å². The van der Waals surface area contributed by atoms with Crippen molar-refractivity contribution in [3.05, 3.63) is 69.8 Å². The molecule has 0 atom stereocenters. The van der Waals surface area contributed by atoms with Gasteiger partial charge in [-0.05, 0) is 47.2 Å². The van der Waals surface area contributed by atoms with Gasteiger partial charge in [0.2, 0.25) is 0 Å². The minimum atomic E-state index is -1.02. The average molecular weight is 268 g/mol. The molecule has 1 aliphatic rings. The van der Waals surface area contributed by atoms with E-state index in [1.807, 2.05) is 24.3 Å². The normalized spacial score (nSPS) is 12.4. The van der Waals surface area contributed by atoms with Crippen molar-refractivity contribution < 1.29 is 19.8 Å². The first-order valence-corrected chi connectivity index (χ1v) is 6.26. The molecule has 0 fully saturated rings. The highest BCUT2D eigenvalue weighted by Crippen LogP contribution is 2.31. The largest absolute Gasteiger partial charge is 0.478 e. The molecule has 2 aromatic carbocycles. The molecule has 0 aromatic heterocycles. The van der Waals surface area contributed by atoms with Gasteiger partial charge in [0.1, 0.15) is 0 Å². The number of aromatic carboxylic acids is 2. The number of fused-ring (bicyclic) bond motifs is 2. The summed E-state index contributed by atoms with van der Waals surface area (Å²) in [5, 5.41) is 18.5. The van der Waals surface area contributed by atoms with E-state index in [1.54, 1.807) is 0 Å². The summed E-state index contributed by atoms with van der Waals surface area (Å²) < 4.78 is 0. The van der Waals surface area contributed by atoms with E-state index in [0.717, 1.165) is 11.1 Å². The van der Waals surface area contributed by atoms with E-state index in [0.29, 0.717) is 24.0 Å². The van der Waals surface area contributed by atoms with E-state index in [-0.39, 0.29) is 11.1 Å². The highest BCUT2D eigenvalue weighted by Gasteiger charge is 2.25. The van der Waals surface area contributed by atoms with E-state index in [9.17, 15) is 19.8 Å². The van der Waals surface area contributed by atoms with Crippen LogP contribution in [0.5, 0.6) is 0 Å². The van der Waals surface area contributed by atoms with E-state index < -0.39 is 11.9 Å². The molecule has 2 aromatic rings. The monoisotopic (exact) mass is 268 g/mol. The standard InChI is InChI=1S/C16H12O4/c17-15(18)11-5-6-12(16(19)20)14-8-10-4-2-1-3-9(10)7-13(11)14/h1-6H,7-8H2,(H,17,18)(H,19,20). The molecule has 0 spiro atoms. The number of hydrogen-bond acceptors (Lipinski definition) is 2. The maximum atomic E-state index is 11.3. The molecule has 0 unspecified atom stereocenters. The highest BCUT2D eigenvalue weighted by atomic mass is 16.4. The van der Waals surface area contributed by atoms with Crippen molar-refractivity contribution in [1.82, 2.24) is 0 Å². The number of rotatable bonds is 2. The zero-order valence-corrected chi connectivity index (χ0v) is 10.6. The number of carbonyl (C=O) groups is 2. The van der Waals surface area contributed by atoms with Gasteiger partial charge in [0, 0.05) is 0 Å². The molecule has 0 aliphatic heterocycles. The Morgan fingerprint density at radius 3 is 1.50 bits per heavy atom. The lowest BCUT2D eigenvalue weighted by Crippen LogP contribution is -2.17. The van der Waals surface area contributed by atoms with Gasteiger partial charge in [0.25, 0.3) is 0 Å². The third kappa shape index (κ3) is 1.86. The third-order valence-electron chi connectivity index (χ3n) is 3.74. The molecule has 0 saturated carbocycles. The molecule has 100 valence electrons. The molecule has 3 rings (SSSR count). The first-order chi connectivity index (χ1) is 9.58. The summed E-state index contributed by atoms with van der Waals surface area (Å²) in [5.74, 6) is -2.03. The summed E-state index contributed by atoms with van der Waals surface area (Å²) >= 11 is 0. The van der Waals surface area contributed by atoms with E-state index in [1.165, 1.54) is 12.1 Å². The Morgan fingerprint density at radius 2 is 1.15 bits per heavy atom. The first-order valence-electron chi connectivity index (χ1n) is 6.26. The Morgan fingerprint density at radius 1 is 0.750 bits per heavy atom. The Hall–Kier alpha value is -2.62. The Bertz CT molecular complexity index is 669. The third-order valence-corrected chi connectivity index (χ3v) is 3.74. The van der Waals surface area contributed by atoms with Crippen LogP contribution >= 0.6 is 0 Å². The SMILES string of the molecule is O=C(O)c1ccc(C(=O)O)c2c1Cc1ccccc1C2. The molecule has 2 N–H and O–H groups in total. The summed E-state index contributed by atoms with van der Waals surface area (Å²) in [6.45, 7) is 0. The molecule has 20 heavy (non-hydrogen) atoms. The minimum absolute atomic E-state index is 0.194. The maximum Gasteiger partial charge on any atom is 0.335 e. The van der Waals surface area contributed by atoms with E-state index in [2.05, 4.69) is 0 Å². The van der Waals surface area contributed by atoms with E-state index >= 15 is 0 Å². The molecule has 0 heterocycles. The lowest BCUT2D eigenvalue weighted by molar-refractivity contribution is 0.0679. The zero-order valence-electron chi connectivity index (χ0n) is 10.6. The van der Waals surface area contributed by atoms with Crippen molar-refractivity contribution in [2.75, 3.05) is 0 Å². The van der Waals surface area contributed by atoms with Gasteiger partial charge >= 0.3 is 11.9 Å². The van der Waals surface area contributed by atoms with Crippen LogP contribution in [0.25, 0.3) is 0 Å². The second-order valence-corrected chi connectivity index (χ2v) is 4.85. The predicted molar refractivity (Wildman–Crippen MR) is 72.4 cm³/mol. The molecular formula is C16H12O4. The average Bonchev–Trinajstić information content (AvgIpc) is 2.43. The first kappa shape index (κ1) is 12.4. The van der Waals surface area contributed by atoms with E-state index in [4.69, 9.17) is 0 Å². The lowest BCUT2D eigenvalue weighted by atomic mass is 9.81. The number of carboxylic acids is 2. The van der Waals surface area contributed by atoms with Crippen molar-refractivity contribution in [3.63, 3.8) is 0 Å². The second kappa shape index (κ2) is 4.49.